The fraction of sp³-hybridized carbons (Fsp3) is 0.0625. The largest absolute Gasteiger partial charge is 0.331 e. The molecule has 0 aliphatic heterocycles. The van der Waals surface area contributed by atoms with Gasteiger partial charge >= 0.3 is 0 Å². The summed E-state index contributed by atoms with van der Waals surface area (Å²) < 4.78 is 2.05. The molecule has 0 bridgehead atoms. The third-order valence-electron chi connectivity index (χ3n) is 3.30. The van der Waals surface area contributed by atoms with Crippen LogP contribution in [0.5, 0.6) is 0 Å². The van der Waals surface area contributed by atoms with E-state index >= 15 is 0 Å². The third kappa shape index (κ3) is 3.81. The van der Waals surface area contributed by atoms with Crippen molar-refractivity contribution in [2.24, 2.45) is 0 Å². The van der Waals surface area contributed by atoms with Crippen molar-refractivity contribution in [1.82, 2.24) is 14.9 Å². The Hall–Kier alpha value is -2.22. The first kappa shape index (κ1) is 16.6. The van der Waals surface area contributed by atoms with Crippen LogP contribution in [0.2, 0.25) is 5.02 Å². The number of aromatic nitrogens is 3. The lowest BCUT2D eigenvalue weighted by Crippen LogP contribution is -2.28. The molecule has 0 spiro atoms. The Morgan fingerprint density at radius 1 is 1.12 bits per heavy atom. The molecule has 8 heteroatoms. The molecule has 0 fully saturated rings. The molecule has 0 atom stereocenters. The van der Waals surface area contributed by atoms with Gasteiger partial charge in [-0.1, -0.05) is 41.4 Å². The van der Waals surface area contributed by atoms with Crippen LogP contribution in [0.4, 0.5) is 5.69 Å². The van der Waals surface area contributed by atoms with Gasteiger partial charge in [0.2, 0.25) is 4.77 Å². The van der Waals surface area contributed by atoms with E-state index in [1.807, 2.05) is 43.3 Å². The van der Waals surface area contributed by atoms with Crippen molar-refractivity contribution >= 4 is 46.8 Å². The van der Waals surface area contributed by atoms with Gasteiger partial charge in [0.15, 0.2) is 10.9 Å². The number of halogens is 1. The molecule has 1 heterocycles. The van der Waals surface area contributed by atoms with E-state index in [4.69, 9.17) is 36.0 Å². The van der Waals surface area contributed by atoms with Gasteiger partial charge in [0.05, 0.1) is 0 Å². The van der Waals surface area contributed by atoms with E-state index in [0.717, 1.165) is 11.3 Å². The highest BCUT2D eigenvalue weighted by Gasteiger charge is 2.10. The Morgan fingerprint density at radius 2 is 1.79 bits per heavy atom. The number of nitrogens with one attached hydrogen (secondary N) is 3. The average molecular weight is 376 g/mol. The molecule has 24 heavy (non-hydrogen) atoms. The summed E-state index contributed by atoms with van der Waals surface area (Å²) in [6.45, 7) is 2.03. The molecule has 3 aromatic rings. The lowest BCUT2D eigenvalue weighted by molar-refractivity contribution is 0.962. The van der Waals surface area contributed by atoms with E-state index in [0.29, 0.717) is 20.7 Å². The summed E-state index contributed by atoms with van der Waals surface area (Å²) >= 11 is 16.5. The first-order valence-electron chi connectivity index (χ1n) is 7.11. The van der Waals surface area contributed by atoms with Crippen molar-refractivity contribution < 1.29 is 0 Å². The van der Waals surface area contributed by atoms with Crippen LogP contribution in [0.3, 0.4) is 0 Å². The van der Waals surface area contributed by atoms with Gasteiger partial charge in [-0.15, -0.1) is 0 Å². The predicted octanol–water partition coefficient (Wildman–Crippen LogP) is 4.51. The standard InChI is InChI=1S/C16H14ClN5S2/c1-10-2-4-11(5-3-10)14-19-20-16(24)22(14)21-15(23)18-13-8-6-12(17)7-9-13/h2-9H,1H3,(H,20,24)(H2,18,21,23). The summed E-state index contributed by atoms with van der Waals surface area (Å²) in [6.07, 6.45) is 0. The Morgan fingerprint density at radius 3 is 2.46 bits per heavy atom. The van der Waals surface area contributed by atoms with Crippen LogP contribution in [-0.2, 0) is 0 Å². The van der Waals surface area contributed by atoms with Crippen LogP contribution in [0.15, 0.2) is 48.5 Å². The number of aryl methyl sites for hydroxylation is 1. The SMILES string of the molecule is Cc1ccc(-c2n[nH]c(=S)n2NC(=S)Nc2ccc(Cl)cc2)cc1. The summed E-state index contributed by atoms with van der Waals surface area (Å²) in [5.74, 6) is 0.653. The number of hydrogen-bond acceptors (Lipinski definition) is 3. The van der Waals surface area contributed by atoms with Crippen LogP contribution in [0, 0.1) is 11.7 Å². The van der Waals surface area contributed by atoms with E-state index < -0.39 is 0 Å². The minimum absolute atomic E-state index is 0.392. The number of H-pyrrole nitrogens is 1. The normalized spacial score (nSPS) is 10.4. The zero-order chi connectivity index (χ0) is 17.1. The molecule has 3 N–H and O–H groups in total. The Kier molecular flexibility index (Phi) is 4.94. The number of aromatic amines is 1. The lowest BCUT2D eigenvalue weighted by atomic mass is 10.1. The zero-order valence-corrected chi connectivity index (χ0v) is 15.1. The molecule has 1 aromatic heterocycles. The maximum absolute atomic E-state index is 5.88. The summed E-state index contributed by atoms with van der Waals surface area (Å²) in [5, 5.41) is 11.2. The number of thiocarbonyl (C=S) groups is 1. The molecule has 0 aliphatic rings. The summed E-state index contributed by atoms with van der Waals surface area (Å²) in [7, 11) is 0. The molecule has 3 rings (SSSR count). The van der Waals surface area contributed by atoms with Crippen molar-refractivity contribution in [3.05, 3.63) is 63.9 Å². The summed E-state index contributed by atoms with van der Waals surface area (Å²) in [4.78, 5) is 0. The second kappa shape index (κ2) is 7.12. The number of hydrogen-bond donors (Lipinski definition) is 3. The summed E-state index contributed by atoms with van der Waals surface area (Å²) in [5.41, 5.74) is 5.96. The van der Waals surface area contributed by atoms with E-state index in [2.05, 4.69) is 20.9 Å². The molecule has 0 saturated carbocycles. The van der Waals surface area contributed by atoms with Crippen LogP contribution in [0.1, 0.15) is 5.56 Å². The van der Waals surface area contributed by atoms with E-state index in [9.17, 15) is 0 Å². The summed E-state index contributed by atoms with van der Waals surface area (Å²) in [6, 6.07) is 15.2. The number of anilines is 1. The van der Waals surface area contributed by atoms with Gasteiger partial charge in [-0.3, -0.25) is 5.43 Å². The molecule has 0 amide bonds. The van der Waals surface area contributed by atoms with Crippen LogP contribution in [-0.4, -0.2) is 20.0 Å². The first-order valence-corrected chi connectivity index (χ1v) is 8.30. The molecule has 0 unspecified atom stereocenters. The van der Waals surface area contributed by atoms with Gasteiger partial charge in [0.25, 0.3) is 0 Å². The molecule has 5 nitrogen and oxygen atoms in total. The fourth-order valence-electron chi connectivity index (χ4n) is 2.09. The Labute approximate surface area is 154 Å². The molecule has 0 saturated heterocycles. The predicted molar refractivity (Wildman–Crippen MR) is 105 cm³/mol. The maximum Gasteiger partial charge on any atom is 0.215 e. The molecule has 2 aromatic carbocycles. The van der Waals surface area contributed by atoms with Crippen LogP contribution >= 0.6 is 36.0 Å². The zero-order valence-electron chi connectivity index (χ0n) is 12.7. The van der Waals surface area contributed by atoms with Gasteiger partial charge < -0.3 is 5.32 Å². The minimum Gasteiger partial charge on any atom is -0.331 e. The Bertz CT molecular complexity index is 913. The second-order valence-corrected chi connectivity index (χ2v) is 6.36. The first-order chi connectivity index (χ1) is 11.5. The minimum atomic E-state index is 0.392. The van der Waals surface area contributed by atoms with E-state index in [1.54, 1.807) is 16.8 Å². The van der Waals surface area contributed by atoms with E-state index in [1.165, 1.54) is 5.56 Å². The van der Waals surface area contributed by atoms with Crippen LogP contribution < -0.4 is 10.7 Å². The second-order valence-electron chi connectivity index (χ2n) is 5.13. The van der Waals surface area contributed by atoms with E-state index in [-0.39, 0.29) is 0 Å². The lowest BCUT2D eigenvalue weighted by Gasteiger charge is -2.13. The fourth-order valence-corrected chi connectivity index (χ4v) is 2.60. The molecule has 122 valence electrons. The molecule has 0 radical (unpaired) electrons. The number of rotatable bonds is 3. The van der Waals surface area contributed by atoms with Crippen molar-refractivity contribution in [1.29, 1.82) is 0 Å². The molecule has 0 aliphatic carbocycles. The highest BCUT2D eigenvalue weighted by molar-refractivity contribution is 7.80. The van der Waals surface area contributed by atoms with Gasteiger partial charge in [0, 0.05) is 16.3 Å². The quantitative estimate of drug-likeness (QED) is 0.588. The van der Waals surface area contributed by atoms with Crippen molar-refractivity contribution in [3.63, 3.8) is 0 Å². The maximum atomic E-state index is 5.88. The number of nitrogens with zero attached hydrogens (tertiary/aromatic N) is 2. The monoisotopic (exact) mass is 375 g/mol. The number of benzene rings is 2. The van der Waals surface area contributed by atoms with Gasteiger partial charge in [0.1, 0.15) is 0 Å². The van der Waals surface area contributed by atoms with Crippen molar-refractivity contribution in [2.45, 2.75) is 6.92 Å². The van der Waals surface area contributed by atoms with Gasteiger partial charge in [-0.2, -0.15) is 5.10 Å². The van der Waals surface area contributed by atoms with Crippen molar-refractivity contribution in [2.75, 3.05) is 10.7 Å². The van der Waals surface area contributed by atoms with Gasteiger partial charge in [-0.25, -0.2) is 9.77 Å². The highest BCUT2D eigenvalue weighted by atomic mass is 35.5. The topological polar surface area (TPSA) is 57.7 Å². The average Bonchev–Trinajstić information content (AvgIpc) is 2.91. The third-order valence-corrected chi connectivity index (χ3v) is 4.02. The van der Waals surface area contributed by atoms with Crippen LogP contribution in [0.25, 0.3) is 11.4 Å². The molecular formula is C16H14ClN5S2. The van der Waals surface area contributed by atoms with Gasteiger partial charge in [-0.05, 0) is 55.6 Å². The molecular weight excluding hydrogens is 362 g/mol. The smallest absolute Gasteiger partial charge is 0.215 e. The Balaban J connectivity index is 1.81. The van der Waals surface area contributed by atoms with Crippen molar-refractivity contribution in [3.8, 4) is 11.4 Å². The highest BCUT2D eigenvalue weighted by Crippen LogP contribution is 2.17.